The summed E-state index contributed by atoms with van der Waals surface area (Å²) in [6.45, 7) is 0. The molecule has 21 valence electrons. The van der Waals surface area contributed by atoms with Crippen LogP contribution in [-0.2, 0) is 36.3 Å². The van der Waals surface area contributed by atoms with Gasteiger partial charge in [0.2, 0.25) is 0 Å². The van der Waals surface area contributed by atoms with Gasteiger partial charge in [-0.3, -0.25) is 0 Å². The van der Waals surface area contributed by atoms with Crippen LogP contribution in [0, 0.1) is 0 Å². The first-order valence-corrected chi connectivity index (χ1v) is 0. The second-order valence-corrected chi connectivity index (χ2v) is 0. The van der Waals surface area contributed by atoms with Crippen LogP contribution in [-0.4, -0.2) is 40.4 Å². The summed E-state index contributed by atoms with van der Waals surface area (Å²) in [5.74, 6) is 0. The van der Waals surface area contributed by atoms with Crippen LogP contribution in [0.5, 0.6) is 0 Å². The molecule has 0 aliphatic heterocycles. The summed E-state index contributed by atoms with van der Waals surface area (Å²) in [6.07, 6.45) is 0. The maximum absolute atomic E-state index is 0. The number of hydrogen-bond acceptors (Lipinski definition) is 0. The van der Waals surface area contributed by atoms with Crippen molar-refractivity contribution in [3.8, 4) is 0 Å². The van der Waals surface area contributed by atoms with E-state index in [1.165, 1.54) is 0 Å². The molecule has 0 aromatic carbocycles. The van der Waals surface area contributed by atoms with Crippen molar-refractivity contribution in [2.75, 3.05) is 0 Å². The first-order valence-electron chi connectivity index (χ1n) is 0. The first kappa shape index (κ1) is 32.1. The molecule has 4 heavy (non-hydrogen) atoms. The van der Waals surface area contributed by atoms with Crippen LogP contribution >= 0.6 is 0 Å². The molecule has 0 unspecified atom stereocenters. The molecule has 0 heterocycles. The summed E-state index contributed by atoms with van der Waals surface area (Å²) in [5.41, 5.74) is 0. The van der Waals surface area contributed by atoms with Crippen molar-refractivity contribution in [3.63, 3.8) is 0 Å². The van der Waals surface area contributed by atoms with Crippen LogP contribution in [0.15, 0.2) is 0 Å². The third-order valence-corrected chi connectivity index (χ3v) is 0. The second-order valence-electron chi connectivity index (χ2n) is 0. The molecule has 1 radical (unpaired) electrons. The Balaban J connectivity index is 0. The zero-order chi connectivity index (χ0) is 0. The van der Waals surface area contributed by atoms with Crippen LogP contribution in [0.25, 0.3) is 0 Å². The molecule has 0 saturated heterocycles. The van der Waals surface area contributed by atoms with Crippen molar-refractivity contribution < 1.29 is 39.1 Å². The number of rotatable bonds is 0. The van der Waals surface area contributed by atoms with Crippen LogP contribution < -0.4 is 0 Å². The van der Waals surface area contributed by atoms with Gasteiger partial charge in [-0.05, 0) is 0 Å². The van der Waals surface area contributed by atoms with E-state index in [0.717, 1.165) is 0 Å². The van der Waals surface area contributed by atoms with Gasteiger partial charge in [0, 0.05) is 36.3 Å². The van der Waals surface area contributed by atoms with Gasteiger partial charge in [-0.15, -0.1) is 0 Å². The van der Waals surface area contributed by atoms with E-state index in [0.29, 0.717) is 0 Å². The molecule has 0 aromatic heterocycles. The minimum absolute atomic E-state index is 0. The van der Waals surface area contributed by atoms with Gasteiger partial charge in [-0.2, -0.15) is 0 Å². The third-order valence-electron chi connectivity index (χ3n) is 0. The summed E-state index contributed by atoms with van der Waals surface area (Å²) in [6, 6.07) is 0. The Labute approximate surface area is 78.7 Å². The first-order chi connectivity index (χ1) is 0. The largest absolute Gasteiger partial charge is 2.00 e. The van der Waals surface area contributed by atoms with E-state index in [9.17, 15) is 0 Å². The molecule has 0 aromatic rings. The zero-order valence-electron chi connectivity index (χ0n) is 3.75. The summed E-state index contributed by atoms with van der Waals surface area (Å²) in [5, 5.41) is 0. The molecule has 0 fully saturated rings. The SMILES string of the molecule is [AlH3].[Co].[H-].[H-].[Mg+2].[Zn]. The van der Waals surface area contributed by atoms with E-state index >= 15 is 0 Å². The average molecular weight is 181 g/mol. The van der Waals surface area contributed by atoms with Gasteiger partial charge in [-0.1, -0.05) is 0 Å². The predicted octanol–water partition coefficient (Wildman–Crippen LogP) is -1.34. The van der Waals surface area contributed by atoms with Crippen LogP contribution in [0.4, 0.5) is 0 Å². The molecule has 0 nitrogen and oxygen atoms in total. The molecular formula is H5AlCoMgZn. The second kappa shape index (κ2) is 18.1. The third kappa shape index (κ3) is 8.83. The Morgan fingerprint density at radius 1 is 1.25 bits per heavy atom. The quantitative estimate of drug-likeness (QED) is 0.405. The molecule has 0 N–H and O–H groups in total. The van der Waals surface area contributed by atoms with Gasteiger partial charge in [-0.25, -0.2) is 0 Å². The predicted molar refractivity (Wildman–Crippen MR) is 17.9 cm³/mol. The van der Waals surface area contributed by atoms with Gasteiger partial charge in [0.05, 0.1) is 0 Å². The molecule has 0 aliphatic rings. The average Bonchev–Trinajstić information content (AvgIpc) is 0. The topological polar surface area (TPSA) is 0 Å². The monoisotopic (exact) mass is 179 g/mol. The fraction of sp³-hybridized carbons (Fsp3) is 0. The van der Waals surface area contributed by atoms with E-state index in [4.69, 9.17) is 0 Å². The maximum Gasteiger partial charge on any atom is 2.00 e. The van der Waals surface area contributed by atoms with E-state index in [2.05, 4.69) is 0 Å². The Bertz CT molecular complexity index is 13.5. The van der Waals surface area contributed by atoms with Crippen molar-refractivity contribution in [3.05, 3.63) is 0 Å². The minimum atomic E-state index is 0. The molecule has 0 saturated carbocycles. The van der Waals surface area contributed by atoms with Gasteiger partial charge < -0.3 is 2.85 Å². The standard InChI is InChI=1S/Al.Co.Mg.Zn.5H/q;;+2;;;;;2*-1. The molecular weight excluding hydrogens is 176 g/mol. The Kier molecular flexibility index (Phi) is 145. The van der Waals surface area contributed by atoms with E-state index in [1.54, 1.807) is 0 Å². The summed E-state index contributed by atoms with van der Waals surface area (Å²) in [7, 11) is 0. The molecule has 0 amide bonds. The van der Waals surface area contributed by atoms with Crippen molar-refractivity contribution in [2.45, 2.75) is 0 Å². The normalized spacial score (nSPS) is 0. The van der Waals surface area contributed by atoms with Gasteiger partial charge >= 0.3 is 23.1 Å². The van der Waals surface area contributed by atoms with E-state index in [1.807, 2.05) is 0 Å². The molecule has 0 bridgehead atoms. The Morgan fingerprint density at radius 2 is 1.25 bits per heavy atom. The van der Waals surface area contributed by atoms with E-state index in [-0.39, 0.29) is 79.5 Å². The van der Waals surface area contributed by atoms with Crippen molar-refractivity contribution >= 4 is 40.4 Å². The van der Waals surface area contributed by atoms with Gasteiger partial charge in [0.25, 0.3) is 0 Å². The van der Waals surface area contributed by atoms with Crippen LogP contribution in [0.2, 0.25) is 0 Å². The molecule has 4 heteroatoms. The van der Waals surface area contributed by atoms with Gasteiger partial charge in [0.1, 0.15) is 0 Å². The zero-order valence-corrected chi connectivity index (χ0v) is 7.17. The van der Waals surface area contributed by atoms with Gasteiger partial charge in [0.15, 0.2) is 17.4 Å². The molecule has 0 aliphatic carbocycles. The van der Waals surface area contributed by atoms with Crippen LogP contribution in [0.3, 0.4) is 0 Å². The van der Waals surface area contributed by atoms with Crippen molar-refractivity contribution in [1.82, 2.24) is 0 Å². The molecule has 0 atom stereocenters. The smallest absolute Gasteiger partial charge is 1.00 e. The Hall–Kier alpha value is 2.43. The summed E-state index contributed by atoms with van der Waals surface area (Å²) < 4.78 is 0. The van der Waals surface area contributed by atoms with Crippen LogP contribution in [0.1, 0.15) is 2.85 Å². The fourth-order valence-corrected chi connectivity index (χ4v) is 0. The van der Waals surface area contributed by atoms with E-state index < -0.39 is 0 Å². The minimum Gasteiger partial charge on any atom is -1.00 e. The van der Waals surface area contributed by atoms with Crippen molar-refractivity contribution in [2.24, 2.45) is 0 Å². The summed E-state index contributed by atoms with van der Waals surface area (Å²) in [4.78, 5) is 0. The Morgan fingerprint density at radius 3 is 1.25 bits per heavy atom. The maximum atomic E-state index is 0. The number of hydrogen-bond donors (Lipinski definition) is 0. The molecule has 0 rings (SSSR count). The molecule has 0 spiro atoms. The van der Waals surface area contributed by atoms with Crippen molar-refractivity contribution in [1.29, 1.82) is 0 Å². The summed E-state index contributed by atoms with van der Waals surface area (Å²) >= 11 is 0. The fourth-order valence-electron chi connectivity index (χ4n) is 0.